The lowest BCUT2D eigenvalue weighted by Gasteiger charge is -2.16. The minimum atomic E-state index is -1.42. The average Bonchev–Trinajstić information content (AvgIpc) is 3.04. The van der Waals surface area contributed by atoms with Gasteiger partial charge in [-0.05, 0) is 54.1 Å². The Balaban J connectivity index is 1.51. The fourth-order valence-corrected chi connectivity index (χ4v) is 4.97. The van der Waals surface area contributed by atoms with Crippen LogP contribution in [-0.4, -0.2) is 28.7 Å². The molecule has 2 N–H and O–H groups in total. The number of fused-ring (bicyclic) bond motifs is 1. The minimum absolute atomic E-state index is 0.113. The van der Waals surface area contributed by atoms with Gasteiger partial charge in [0.05, 0.1) is 27.0 Å². The summed E-state index contributed by atoms with van der Waals surface area (Å²) < 4.78 is 20.0. The Morgan fingerprint density at radius 2 is 1.72 bits per heavy atom. The van der Waals surface area contributed by atoms with Crippen LogP contribution in [0, 0.1) is 5.82 Å². The van der Waals surface area contributed by atoms with E-state index in [0.717, 1.165) is 11.6 Å². The van der Waals surface area contributed by atoms with Crippen molar-refractivity contribution in [2.75, 3.05) is 5.32 Å². The average molecular weight is 584 g/mol. The second-order valence-corrected chi connectivity index (χ2v) is 9.67. The van der Waals surface area contributed by atoms with E-state index >= 15 is 0 Å². The van der Waals surface area contributed by atoms with Gasteiger partial charge >= 0.3 is 0 Å². The number of nitrogens with zero attached hydrogens (tertiary/aromatic N) is 2. The number of pyridine rings is 1. The Labute approximate surface area is 237 Å². The van der Waals surface area contributed by atoms with Gasteiger partial charge in [0.1, 0.15) is 18.2 Å². The number of aromatic nitrogens is 1. The summed E-state index contributed by atoms with van der Waals surface area (Å²) in [6.45, 7) is 0.115. The van der Waals surface area contributed by atoms with Gasteiger partial charge < -0.3 is 15.4 Å². The highest BCUT2D eigenvalue weighted by atomic mass is 35.5. The zero-order chi connectivity index (χ0) is 27.5. The molecule has 39 heavy (non-hydrogen) atoms. The predicted molar refractivity (Wildman–Crippen MR) is 148 cm³/mol. The van der Waals surface area contributed by atoms with Crippen LogP contribution >= 0.6 is 34.8 Å². The molecule has 2 heterocycles. The quantitative estimate of drug-likeness (QED) is 0.278. The van der Waals surface area contributed by atoms with Crippen LogP contribution in [0.3, 0.4) is 0 Å². The molecule has 1 atom stereocenters. The largest absolute Gasteiger partial charge is 0.488 e. The molecule has 7 nitrogen and oxygen atoms in total. The Morgan fingerprint density at radius 3 is 2.46 bits per heavy atom. The molecule has 5 rings (SSSR count). The molecule has 1 aliphatic rings. The van der Waals surface area contributed by atoms with Gasteiger partial charge in [-0.1, -0.05) is 53.0 Å². The smallest absolute Gasteiger partial charge is 0.269 e. The summed E-state index contributed by atoms with van der Waals surface area (Å²) in [5, 5.41) is 6.06. The number of halogens is 4. The van der Waals surface area contributed by atoms with E-state index in [4.69, 9.17) is 39.5 Å². The Kier molecular flexibility index (Phi) is 7.79. The second kappa shape index (κ2) is 11.4. The van der Waals surface area contributed by atoms with Gasteiger partial charge in [0.2, 0.25) is 6.17 Å². The maximum Gasteiger partial charge on any atom is 0.269 e. The summed E-state index contributed by atoms with van der Waals surface area (Å²) in [6.07, 6.45) is 1.79. The molecule has 0 fully saturated rings. The fourth-order valence-electron chi connectivity index (χ4n) is 3.97. The van der Waals surface area contributed by atoms with Gasteiger partial charge in [-0.2, -0.15) is 0 Å². The molecule has 11 heteroatoms. The standard InChI is InChI=1S/C28H18Cl3FN4O3/c29-16-11-20(30)24(21(31)12-16)25-18-3-1-2-4-22(18)34-28(38)26(35-25)36-27(37)19-13-17(32)5-6-23(19)39-14-15-7-9-33-10-8-15/h1-13,26H,14H2,(H,34,38)(H,36,37). The lowest BCUT2D eigenvalue weighted by atomic mass is 10.0. The molecular weight excluding hydrogens is 566 g/mol. The zero-order valence-electron chi connectivity index (χ0n) is 19.9. The molecule has 0 bridgehead atoms. The first-order valence-corrected chi connectivity index (χ1v) is 12.7. The molecule has 0 saturated heterocycles. The van der Waals surface area contributed by atoms with Gasteiger partial charge in [0.25, 0.3) is 11.8 Å². The van der Waals surface area contributed by atoms with Crippen molar-refractivity contribution in [3.8, 4) is 5.75 Å². The summed E-state index contributed by atoms with van der Waals surface area (Å²) in [6, 6.07) is 17.0. The summed E-state index contributed by atoms with van der Waals surface area (Å²) in [7, 11) is 0. The summed E-state index contributed by atoms with van der Waals surface area (Å²) in [5.74, 6) is -1.93. The van der Waals surface area contributed by atoms with E-state index in [1.165, 1.54) is 24.3 Å². The molecule has 4 aromatic rings. The van der Waals surface area contributed by atoms with E-state index in [-0.39, 0.29) is 33.7 Å². The fraction of sp³-hybridized carbons (Fsp3) is 0.0714. The maximum absolute atomic E-state index is 14.2. The number of aliphatic imine (C=N–C) groups is 1. The summed E-state index contributed by atoms with van der Waals surface area (Å²) in [5.41, 5.74) is 2.24. The third-order valence-electron chi connectivity index (χ3n) is 5.79. The number of benzene rings is 3. The number of rotatable bonds is 6. The first-order chi connectivity index (χ1) is 18.8. The van der Waals surface area contributed by atoms with E-state index in [9.17, 15) is 14.0 Å². The van der Waals surface area contributed by atoms with E-state index in [2.05, 4.69) is 20.6 Å². The molecule has 0 saturated carbocycles. The SMILES string of the molecule is O=C(NC1N=C(c2c(Cl)cc(Cl)cc2Cl)c2ccccc2NC1=O)c1cc(F)ccc1OCc1ccncc1. The molecule has 2 amide bonds. The molecule has 0 spiro atoms. The number of para-hydroxylation sites is 1. The topological polar surface area (TPSA) is 92.7 Å². The van der Waals surface area contributed by atoms with E-state index in [1.54, 1.807) is 48.8 Å². The second-order valence-electron chi connectivity index (χ2n) is 8.42. The number of nitrogens with one attached hydrogen (secondary N) is 2. The Hall–Kier alpha value is -3.98. The van der Waals surface area contributed by atoms with Crippen LogP contribution in [0.2, 0.25) is 15.1 Å². The Morgan fingerprint density at radius 1 is 1.00 bits per heavy atom. The van der Waals surface area contributed by atoms with Crippen molar-refractivity contribution in [1.82, 2.24) is 10.3 Å². The number of amides is 2. The maximum atomic E-state index is 14.2. The third-order valence-corrected chi connectivity index (χ3v) is 6.60. The Bertz CT molecular complexity index is 1590. The number of carbonyl (C=O) groups is 2. The molecule has 1 unspecified atom stereocenters. The minimum Gasteiger partial charge on any atom is -0.488 e. The van der Waals surface area contributed by atoms with Crippen molar-refractivity contribution in [2.45, 2.75) is 12.8 Å². The zero-order valence-corrected chi connectivity index (χ0v) is 22.2. The van der Waals surface area contributed by atoms with Gasteiger partial charge in [0, 0.05) is 28.5 Å². The van der Waals surface area contributed by atoms with Crippen molar-refractivity contribution in [2.24, 2.45) is 4.99 Å². The number of anilines is 1. The molecular formula is C28H18Cl3FN4O3. The number of hydrogen-bond acceptors (Lipinski definition) is 5. The number of carbonyl (C=O) groups excluding carboxylic acids is 2. The number of benzodiazepines with no additional fused rings is 1. The molecule has 196 valence electrons. The van der Waals surface area contributed by atoms with E-state index in [1.807, 2.05) is 0 Å². The number of hydrogen-bond donors (Lipinski definition) is 2. The van der Waals surface area contributed by atoms with Gasteiger partial charge in [-0.25, -0.2) is 9.38 Å². The summed E-state index contributed by atoms with van der Waals surface area (Å²) >= 11 is 19.1. The van der Waals surface area contributed by atoms with Gasteiger partial charge in [-0.15, -0.1) is 0 Å². The van der Waals surface area contributed by atoms with Crippen LogP contribution < -0.4 is 15.4 Å². The van der Waals surface area contributed by atoms with Crippen molar-refractivity contribution in [1.29, 1.82) is 0 Å². The van der Waals surface area contributed by atoms with Crippen LogP contribution in [0.25, 0.3) is 0 Å². The molecule has 0 aliphatic carbocycles. The van der Waals surface area contributed by atoms with Gasteiger partial charge in [-0.3, -0.25) is 14.6 Å². The van der Waals surface area contributed by atoms with E-state index in [0.29, 0.717) is 21.8 Å². The normalized spacial score (nSPS) is 14.5. The van der Waals surface area contributed by atoms with E-state index < -0.39 is 23.8 Å². The predicted octanol–water partition coefficient (Wildman–Crippen LogP) is 6.31. The lowest BCUT2D eigenvalue weighted by molar-refractivity contribution is -0.117. The first kappa shape index (κ1) is 26.6. The van der Waals surface area contributed by atoms with Crippen LogP contribution in [0.5, 0.6) is 5.75 Å². The van der Waals surface area contributed by atoms with Crippen molar-refractivity contribution in [3.05, 3.63) is 122 Å². The monoisotopic (exact) mass is 582 g/mol. The highest BCUT2D eigenvalue weighted by molar-refractivity contribution is 6.44. The highest BCUT2D eigenvalue weighted by Crippen LogP contribution is 2.34. The van der Waals surface area contributed by atoms with Crippen LogP contribution in [0.1, 0.15) is 27.0 Å². The molecule has 0 radical (unpaired) electrons. The van der Waals surface area contributed by atoms with Crippen LogP contribution in [0.4, 0.5) is 10.1 Å². The van der Waals surface area contributed by atoms with Crippen LogP contribution in [0.15, 0.2) is 84.1 Å². The highest BCUT2D eigenvalue weighted by Gasteiger charge is 2.30. The first-order valence-electron chi connectivity index (χ1n) is 11.6. The van der Waals surface area contributed by atoms with Gasteiger partial charge in [0.15, 0.2) is 0 Å². The van der Waals surface area contributed by atoms with Crippen molar-refractivity contribution < 1.29 is 18.7 Å². The third kappa shape index (κ3) is 5.88. The molecule has 1 aliphatic heterocycles. The lowest BCUT2D eigenvalue weighted by Crippen LogP contribution is -2.42. The molecule has 1 aromatic heterocycles. The summed E-state index contributed by atoms with van der Waals surface area (Å²) in [4.78, 5) is 35.0. The van der Waals surface area contributed by atoms with Crippen molar-refractivity contribution >= 4 is 58.0 Å². The molecule has 3 aromatic carbocycles. The van der Waals surface area contributed by atoms with Crippen LogP contribution in [-0.2, 0) is 11.4 Å². The number of ether oxygens (including phenoxy) is 1. The van der Waals surface area contributed by atoms with Crippen molar-refractivity contribution in [3.63, 3.8) is 0 Å².